The van der Waals surface area contributed by atoms with Crippen LogP contribution in [0, 0.1) is 0 Å². The Labute approximate surface area is 151 Å². The van der Waals surface area contributed by atoms with Crippen molar-refractivity contribution in [2.75, 3.05) is 0 Å². The molecule has 1 unspecified atom stereocenters. The van der Waals surface area contributed by atoms with Gasteiger partial charge in [-0.3, -0.25) is 4.79 Å². The highest BCUT2D eigenvalue weighted by Crippen LogP contribution is 2.04. The first-order valence-corrected chi connectivity index (χ1v) is 8.08. The van der Waals surface area contributed by atoms with Crippen LogP contribution >= 0.6 is 0 Å². The fraction of sp³-hybridized carbons (Fsp3) is 0.412. The number of benzene rings is 1. The number of rotatable bonds is 9. The molecule has 0 aliphatic carbocycles. The summed E-state index contributed by atoms with van der Waals surface area (Å²) in [4.78, 5) is 44.5. The molecular formula is C17H24N2O7. The Bertz CT molecular complexity index is 604. The number of hydrogen-bond donors (Lipinski definition) is 5. The van der Waals surface area contributed by atoms with E-state index in [-0.39, 0.29) is 12.8 Å². The van der Waals surface area contributed by atoms with Gasteiger partial charge in [-0.2, -0.15) is 0 Å². The molecule has 5 N–H and O–H groups in total. The minimum absolute atomic E-state index is 0.0243. The lowest BCUT2D eigenvalue weighted by molar-refractivity contribution is -0.140. The van der Waals surface area contributed by atoms with E-state index in [2.05, 4.69) is 10.6 Å². The summed E-state index contributed by atoms with van der Waals surface area (Å²) in [6.07, 6.45) is -0.728. The second kappa shape index (κ2) is 12.3. The number of urea groups is 1. The van der Waals surface area contributed by atoms with Crippen LogP contribution in [-0.2, 0) is 20.8 Å². The second-order valence-electron chi connectivity index (χ2n) is 5.02. The topological polar surface area (TPSA) is 153 Å². The molecule has 0 saturated carbocycles. The normalized spacial score (nSPS) is 11.9. The van der Waals surface area contributed by atoms with Gasteiger partial charge in [-0.15, -0.1) is 0 Å². The lowest BCUT2D eigenvalue weighted by Gasteiger charge is -2.18. The van der Waals surface area contributed by atoms with E-state index in [9.17, 15) is 19.2 Å². The number of carboxylic acids is 3. The molecule has 0 spiro atoms. The molecule has 2 amide bonds. The van der Waals surface area contributed by atoms with Gasteiger partial charge in [0, 0.05) is 12.8 Å². The quantitative estimate of drug-likeness (QED) is 0.440. The van der Waals surface area contributed by atoms with E-state index < -0.39 is 42.4 Å². The van der Waals surface area contributed by atoms with Gasteiger partial charge in [0.15, 0.2) is 0 Å². The zero-order chi connectivity index (χ0) is 20.1. The Kier molecular flexibility index (Phi) is 10.8. The Hall–Kier alpha value is -3.10. The maximum Gasteiger partial charge on any atom is 0.326 e. The van der Waals surface area contributed by atoms with Crippen molar-refractivity contribution < 1.29 is 34.5 Å². The lowest BCUT2D eigenvalue weighted by atomic mass is 10.1. The number of carbonyl (C=O) groups is 4. The molecular weight excluding hydrogens is 344 g/mol. The molecule has 1 rings (SSSR count). The summed E-state index contributed by atoms with van der Waals surface area (Å²) in [5, 5.41) is 30.9. The summed E-state index contributed by atoms with van der Waals surface area (Å²) in [7, 11) is 0. The van der Waals surface area contributed by atoms with Crippen molar-refractivity contribution in [2.45, 2.75) is 45.2 Å². The van der Waals surface area contributed by atoms with Gasteiger partial charge in [0.1, 0.15) is 12.1 Å². The van der Waals surface area contributed by atoms with Crippen molar-refractivity contribution in [2.24, 2.45) is 0 Å². The number of amides is 2. The molecule has 144 valence electrons. The van der Waals surface area contributed by atoms with E-state index in [4.69, 9.17) is 15.3 Å². The van der Waals surface area contributed by atoms with Gasteiger partial charge >= 0.3 is 23.9 Å². The largest absolute Gasteiger partial charge is 0.481 e. The van der Waals surface area contributed by atoms with Crippen LogP contribution in [0.1, 0.15) is 32.3 Å². The van der Waals surface area contributed by atoms with Crippen LogP contribution in [0.3, 0.4) is 0 Å². The molecule has 0 aliphatic rings. The third kappa shape index (κ3) is 9.26. The highest BCUT2D eigenvalue weighted by atomic mass is 16.4. The Morgan fingerprint density at radius 3 is 1.85 bits per heavy atom. The van der Waals surface area contributed by atoms with Crippen molar-refractivity contribution in [3.8, 4) is 0 Å². The predicted octanol–water partition coefficient (Wildman–Crippen LogP) is 1.33. The second-order valence-corrected chi connectivity index (χ2v) is 5.02. The van der Waals surface area contributed by atoms with Crippen LogP contribution in [0.2, 0.25) is 0 Å². The van der Waals surface area contributed by atoms with Crippen LogP contribution in [0.25, 0.3) is 0 Å². The van der Waals surface area contributed by atoms with Gasteiger partial charge in [0.2, 0.25) is 0 Å². The van der Waals surface area contributed by atoms with Crippen LogP contribution in [-0.4, -0.2) is 51.3 Å². The number of aliphatic carboxylic acids is 3. The molecule has 9 heteroatoms. The fourth-order valence-electron chi connectivity index (χ4n) is 1.93. The number of hydrogen-bond acceptors (Lipinski definition) is 4. The first-order chi connectivity index (χ1) is 12.3. The van der Waals surface area contributed by atoms with Gasteiger partial charge in [-0.1, -0.05) is 44.2 Å². The van der Waals surface area contributed by atoms with Gasteiger partial charge in [0.05, 0.1) is 0 Å². The maximum atomic E-state index is 11.8. The molecule has 26 heavy (non-hydrogen) atoms. The molecule has 0 bridgehead atoms. The average Bonchev–Trinajstić information content (AvgIpc) is 2.60. The van der Waals surface area contributed by atoms with Crippen molar-refractivity contribution in [3.63, 3.8) is 0 Å². The first-order valence-electron chi connectivity index (χ1n) is 8.08. The molecule has 0 aromatic heterocycles. The molecule has 1 aromatic carbocycles. The van der Waals surface area contributed by atoms with Crippen molar-refractivity contribution >= 4 is 23.9 Å². The van der Waals surface area contributed by atoms with Crippen LogP contribution in [0.4, 0.5) is 4.79 Å². The number of carbonyl (C=O) groups excluding carboxylic acids is 1. The van der Waals surface area contributed by atoms with Crippen molar-refractivity contribution in [1.82, 2.24) is 10.6 Å². The fourth-order valence-corrected chi connectivity index (χ4v) is 1.93. The molecule has 0 saturated heterocycles. The molecule has 0 radical (unpaired) electrons. The lowest BCUT2D eigenvalue weighted by Crippen LogP contribution is -2.51. The van der Waals surface area contributed by atoms with Gasteiger partial charge in [0.25, 0.3) is 0 Å². The van der Waals surface area contributed by atoms with Crippen molar-refractivity contribution in [3.05, 3.63) is 35.9 Å². The summed E-state index contributed by atoms with van der Waals surface area (Å²) >= 11 is 0. The SMILES string of the molecule is CC.O=C(O)CCC(NC(=O)N[C@@H](Cc1ccccc1)C(=O)O)C(=O)O. The summed E-state index contributed by atoms with van der Waals surface area (Å²) in [6.45, 7) is 4.00. The van der Waals surface area contributed by atoms with Crippen LogP contribution in [0.15, 0.2) is 30.3 Å². The Morgan fingerprint density at radius 2 is 1.38 bits per heavy atom. The molecule has 0 fully saturated rings. The minimum Gasteiger partial charge on any atom is -0.481 e. The Morgan fingerprint density at radius 1 is 0.885 bits per heavy atom. The monoisotopic (exact) mass is 368 g/mol. The molecule has 1 aromatic rings. The zero-order valence-corrected chi connectivity index (χ0v) is 14.6. The van der Waals surface area contributed by atoms with E-state index in [1.54, 1.807) is 30.3 Å². The van der Waals surface area contributed by atoms with E-state index in [1.165, 1.54) is 0 Å². The first kappa shape index (κ1) is 22.9. The summed E-state index contributed by atoms with van der Waals surface area (Å²) in [6, 6.07) is 4.94. The standard InChI is InChI=1S/C15H18N2O7.C2H6/c18-12(19)7-6-10(13(20)21)16-15(24)17-11(14(22)23)8-9-4-2-1-3-5-9;1-2/h1-5,10-11H,6-8H2,(H,18,19)(H,20,21)(H,22,23)(H2,16,17,24);1-2H3/t10?,11-;/m0./s1. The van der Waals surface area contributed by atoms with Crippen LogP contribution in [0.5, 0.6) is 0 Å². The molecule has 0 heterocycles. The highest BCUT2D eigenvalue weighted by Gasteiger charge is 2.25. The average molecular weight is 368 g/mol. The summed E-state index contributed by atoms with van der Waals surface area (Å²) in [5.41, 5.74) is 0.686. The third-order valence-corrected chi connectivity index (χ3v) is 3.14. The van der Waals surface area contributed by atoms with Crippen LogP contribution < -0.4 is 10.6 Å². The summed E-state index contributed by atoms with van der Waals surface area (Å²) in [5.74, 6) is -3.87. The van der Waals surface area contributed by atoms with Crippen molar-refractivity contribution in [1.29, 1.82) is 0 Å². The number of nitrogens with one attached hydrogen (secondary N) is 2. The molecule has 2 atom stereocenters. The van der Waals surface area contributed by atoms with Gasteiger partial charge < -0.3 is 26.0 Å². The molecule has 0 aliphatic heterocycles. The molecule has 9 nitrogen and oxygen atoms in total. The van der Waals surface area contributed by atoms with Gasteiger partial charge in [-0.25, -0.2) is 14.4 Å². The smallest absolute Gasteiger partial charge is 0.326 e. The third-order valence-electron chi connectivity index (χ3n) is 3.14. The van der Waals surface area contributed by atoms with E-state index in [0.29, 0.717) is 5.56 Å². The zero-order valence-electron chi connectivity index (χ0n) is 14.6. The maximum absolute atomic E-state index is 11.8. The highest BCUT2D eigenvalue weighted by molar-refractivity contribution is 5.86. The number of carboxylic acid groups (broad SMARTS) is 3. The van der Waals surface area contributed by atoms with Gasteiger partial charge in [-0.05, 0) is 12.0 Å². The predicted molar refractivity (Wildman–Crippen MR) is 92.9 cm³/mol. The minimum atomic E-state index is -1.42. The van der Waals surface area contributed by atoms with E-state index in [1.807, 2.05) is 13.8 Å². The van der Waals surface area contributed by atoms with E-state index >= 15 is 0 Å². The van der Waals surface area contributed by atoms with E-state index in [0.717, 1.165) is 0 Å². The summed E-state index contributed by atoms with van der Waals surface area (Å²) < 4.78 is 0. The Balaban J connectivity index is 0.00000301.